The number of nitriles is 1. The van der Waals surface area contributed by atoms with Crippen molar-refractivity contribution >= 4 is 11.8 Å². The molecule has 0 aliphatic carbocycles. The van der Waals surface area contributed by atoms with Crippen molar-refractivity contribution in [1.29, 1.82) is 5.26 Å². The zero-order chi connectivity index (χ0) is 15.6. The maximum absolute atomic E-state index is 12.7. The number of aromatic nitrogens is 4. The van der Waals surface area contributed by atoms with E-state index in [1.165, 1.54) is 0 Å². The van der Waals surface area contributed by atoms with Gasteiger partial charge in [-0.3, -0.25) is 4.68 Å². The predicted molar refractivity (Wildman–Crippen MR) is 69.3 cm³/mol. The Hall–Kier alpha value is -2.08. The number of thioether (sulfide) groups is 1. The molecule has 0 aliphatic heterocycles. The second kappa shape index (κ2) is 5.73. The molecule has 0 radical (unpaired) electrons. The number of alkyl halides is 3. The summed E-state index contributed by atoms with van der Waals surface area (Å²) in [6, 6.07) is 2.24. The van der Waals surface area contributed by atoms with Gasteiger partial charge in [0.25, 0.3) is 0 Å². The molecule has 0 atom stereocenters. The highest BCUT2D eigenvalue weighted by atomic mass is 32.2. The van der Waals surface area contributed by atoms with Gasteiger partial charge in [-0.1, -0.05) is 11.8 Å². The molecule has 5 nitrogen and oxygen atoms in total. The average Bonchev–Trinajstić information content (AvgIpc) is 2.73. The molecular formula is C12H10F3N5S. The molecule has 0 saturated heterocycles. The van der Waals surface area contributed by atoms with Gasteiger partial charge in [0.15, 0.2) is 5.16 Å². The molecule has 0 fully saturated rings. The van der Waals surface area contributed by atoms with Crippen LogP contribution in [0.2, 0.25) is 0 Å². The molecule has 0 amide bonds. The van der Waals surface area contributed by atoms with E-state index in [0.717, 1.165) is 23.0 Å². The monoisotopic (exact) mass is 313 g/mol. The Morgan fingerprint density at radius 3 is 2.62 bits per heavy atom. The quantitative estimate of drug-likeness (QED) is 0.644. The topological polar surface area (TPSA) is 67.4 Å². The van der Waals surface area contributed by atoms with Gasteiger partial charge < -0.3 is 0 Å². The maximum Gasteiger partial charge on any atom is 0.433 e. The number of hydrogen-bond acceptors (Lipinski definition) is 5. The number of halogens is 3. The van der Waals surface area contributed by atoms with Crippen LogP contribution in [0.1, 0.15) is 22.6 Å². The van der Waals surface area contributed by atoms with Crippen LogP contribution >= 0.6 is 11.8 Å². The first-order chi connectivity index (χ1) is 9.79. The second-order valence-corrected chi connectivity index (χ2v) is 5.19. The van der Waals surface area contributed by atoms with Crippen molar-refractivity contribution in [2.24, 2.45) is 7.05 Å². The van der Waals surface area contributed by atoms with Crippen LogP contribution in [0.4, 0.5) is 13.2 Å². The Morgan fingerprint density at radius 2 is 2.10 bits per heavy atom. The Labute approximate surface area is 122 Å². The number of hydrogen-bond donors (Lipinski definition) is 0. The van der Waals surface area contributed by atoms with Crippen molar-refractivity contribution in [3.8, 4) is 6.07 Å². The number of rotatable bonds is 3. The van der Waals surface area contributed by atoms with E-state index in [-0.39, 0.29) is 10.9 Å². The molecule has 0 aromatic carbocycles. The highest BCUT2D eigenvalue weighted by Crippen LogP contribution is 2.30. The van der Waals surface area contributed by atoms with Gasteiger partial charge in [0.05, 0.1) is 5.69 Å². The average molecular weight is 313 g/mol. The maximum atomic E-state index is 12.7. The van der Waals surface area contributed by atoms with Crippen LogP contribution in [0.25, 0.3) is 0 Å². The van der Waals surface area contributed by atoms with Gasteiger partial charge in [-0.2, -0.15) is 23.5 Å². The first-order valence-corrected chi connectivity index (χ1v) is 6.76. The van der Waals surface area contributed by atoms with E-state index in [0.29, 0.717) is 11.8 Å². The summed E-state index contributed by atoms with van der Waals surface area (Å²) in [6.45, 7) is 1.86. The van der Waals surface area contributed by atoms with Gasteiger partial charge in [-0.15, -0.1) is 0 Å². The molecule has 0 bridgehead atoms. The third-order valence-corrected chi connectivity index (χ3v) is 3.42. The summed E-state index contributed by atoms with van der Waals surface area (Å²) in [7, 11) is 1.76. The van der Waals surface area contributed by atoms with Gasteiger partial charge in [0, 0.05) is 25.1 Å². The molecule has 0 unspecified atom stereocenters. The van der Waals surface area contributed by atoms with E-state index in [1.54, 1.807) is 17.8 Å². The highest BCUT2D eigenvalue weighted by molar-refractivity contribution is 7.98. The van der Waals surface area contributed by atoms with E-state index in [1.807, 2.05) is 13.1 Å². The predicted octanol–water partition coefficient (Wildman–Crippen LogP) is 2.70. The van der Waals surface area contributed by atoms with Gasteiger partial charge in [0.2, 0.25) is 0 Å². The van der Waals surface area contributed by atoms with Crippen LogP contribution in [0, 0.1) is 18.3 Å². The summed E-state index contributed by atoms with van der Waals surface area (Å²) in [5.74, 6) is 0.332. The van der Waals surface area contributed by atoms with Crippen LogP contribution in [-0.4, -0.2) is 19.7 Å². The summed E-state index contributed by atoms with van der Waals surface area (Å²) < 4.78 is 39.7. The first-order valence-electron chi connectivity index (χ1n) is 5.78. The minimum absolute atomic E-state index is 0.0913. The summed E-state index contributed by atoms with van der Waals surface area (Å²) in [5, 5.41) is 12.9. The minimum Gasteiger partial charge on any atom is -0.275 e. The fourth-order valence-corrected chi connectivity index (χ4v) is 2.50. The Kier molecular flexibility index (Phi) is 4.18. The fraction of sp³-hybridized carbons (Fsp3) is 0.333. The van der Waals surface area contributed by atoms with Gasteiger partial charge in [-0.05, 0) is 12.5 Å². The lowest BCUT2D eigenvalue weighted by Crippen LogP contribution is -2.10. The van der Waals surface area contributed by atoms with Crippen molar-refractivity contribution < 1.29 is 13.2 Å². The smallest absolute Gasteiger partial charge is 0.275 e. The molecule has 2 heterocycles. The van der Waals surface area contributed by atoms with Crippen LogP contribution in [0.5, 0.6) is 0 Å². The van der Waals surface area contributed by atoms with E-state index < -0.39 is 11.9 Å². The van der Waals surface area contributed by atoms with E-state index in [2.05, 4.69) is 15.1 Å². The van der Waals surface area contributed by atoms with Crippen LogP contribution in [0.3, 0.4) is 0 Å². The molecule has 2 aromatic rings. The molecule has 110 valence electrons. The van der Waals surface area contributed by atoms with Gasteiger partial charge in [0.1, 0.15) is 17.5 Å². The summed E-state index contributed by atoms with van der Waals surface area (Å²) in [4.78, 5) is 7.22. The summed E-state index contributed by atoms with van der Waals surface area (Å²) >= 11 is 1.01. The van der Waals surface area contributed by atoms with Crippen molar-refractivity contribution in [1.82, 2.24) is 19.7 Å². The molecular weight excluding hydrogens is 303 g/mol. The van der Waals surface area contributed by atoms with Crippen LogP contribution in [-0.2, 0) is 19.0 Å². The summed E-state index contributed by atoms with van der Waals surface area (Å²) in [6.07, 6.45) is -2.80. The lowest BCUT2D eigenvalue weighted by Gasteiger charge is -2.07. The van der Waals surface area contributed by atoms with Gasteiger partial charge >= 0.3 is 6.18 Å². The van der Waals surface area contributed by atoms with E-state index in [9.17, 15) is 13.2 Å². The largest absolute Gasteiger partial charge is 0.433 e. The fourth-order valence-electron chi connectivity index (χ4n) is 1.62. The van der Waals surface area contributed by atoms with Gasteiger partial charge in [-0.25, -0.2) is 9.97 Å². The molecule has 0 aliphatic rings. The zero-order valence-corrected chi connectivity index (χ0v) is 12.0. The summed E-state index contributed by atoms with van der Waals surface area (Å²) in [5.41, 5.74) is 0.242. The van der Waals surface area contributed by atoms with Crippen molar-refractivity contribution in [2.45, 2.75) is 24.0 Å². The Balaban J connectivity index is 2.24. The Bertz CT molecular complexity index is 702. The Morgan fingerprint density at radius 1 is 1.38 bits per heavy atom. The lowest BCUT2D eigenvalue weighted by atomic mass is 10.3. The molecule has 0 spiro atoms. The van der Waals surface area contributed by atoms with Crippen LogP contribution in [0.15, 0.2) is 17.4 Å². The first kappa shape index (κ1) is 15.3. The molecule has 9 heteroatoms. The molecule has 2 rings (SSSR count). The molecule has 21 heavy (non-hydrogen) atoms. The third kappa shape index (κ3) is 3.72. The molecule has 2 aromatic heterocycles. The van der Waals surface area contributed by atoms with Crippen molar-refractivity contribution in [3.63, 3.8) is 0 Å². The van der Waals surface area contributed by atoms with Crippen molar-refractivity contribution in [2.75, 3.05) is 0 Å². The minimum atomic E-state index is -4.61. The van der Waals surface area contributed by atoms with E-state index >= 15 is 0 Å². The SMILES string of the molecule is Cc1cn(C)nc1CSc1nc(C#N)cc(C(F)(F)F)n1. The number of nitrogens with zero attached hydrogens (tertiary/aromatic N) is 5. The highest BCUT2D eigenvalue weighted by Gasteiger charge is 2.33. The molecule has 0 saturated carbocycles. The normalized spacial score (nSPS) is 11.4. The van der Waals surface area contributed by atoms with Crippen LogP contribution < -0.4 is 0 Å². The number of aryl methyl sites for hydroxylation is 2. The second-order valence-electron chi connectivity index (χ2n) is 4.25. The standard InChI is InChI=1S/C12H10F3N5S/c1-7-5-20(2)19-9(7)6-21-11-17-8(4-16)3-10(18-11)12(13,14)15/h3,5H,6H2,1-2H3. The van der Waals surface area contributed by atoms with E-state index in [4.69, 9.17) is 5.26 Å². The third-order valence-electron chi connectivity index (χ3n) is 2.56. The van der Waals surface area contributed by atoms with Crippen molar-refractivity contribution in [3.05, 3.63) is 34.9 Å². The lowest BCUT2D eigenvalue weighted by molar-refractivity contribution is -0.141. The molecule has 0 N–H and O–H groups in total. The zero-order valence-electron chi connectivity index (χ0n) is 11.1.